The summed E-state index contributed by atoms with van der Waals surface area (Å²) in [5.74, 6) is 0. The minimum Gasteiger partial charge on any atom is -0.394 e. The molecule has 0 amide bonds. The highest BCUT2D eigenvalue weighted by molar-refractivity contribution is 7.19. The predicted molar refractivity (Wildman–Crippen MR) is 104 cm³/mol. The van der Waals surface area contributed by atoms with E-state index in [0.717, 1.165) is 12.0 Å². The Hall–Kier alpha value is -1.80. The molecule has 0 aliphatic carbocycles. The van der Waals surface area contributed by atoms with Gasteiger partial charge in [0.2, 0.25) is 0 Å². The highest BCUT2D eigenvalue weighted by atomic mass is 32.1. The zero-order valence-electron chi connectivity index (χ0n) is 14.6. The molecule has 27 heavy (non-hydrogen) atoms. The summed E-state index contributed by atoms with van der Waals surface area (Å²) in [6.45, 7) is -0.428. The van der Waals surface area contributed by atoms with Crippen LogP contribution in [0.5, 0.6) is 0 Å². The Labute approximate surface area is 161 Å². The molecule has 1 aromatic heterocycles. The van der Waals surface area contributed by atoms with Gasteiger partial charge in [0.1, 0.15) is 30.5 Å². The van der Waals surface area contributed by atoms with Crippen molar-refractivity contribution < 1.29 is 25.2 Å². The lowest BCUT2D eigenvalue weighted by Gasteiger charge is -2.40. The van der Waals surface area contributed by atoms with Crippen molar-refractivity contribution in [1.29, 1.82) is 0 Å². The maximum atomic E-state index is 10.3. The van der Waals surface area contributed by atoms with Crippen LogP contribution < -0.4 is 0 Å². The Morgan fingerprint density at radius 1 is 0.889 bits per heavy atom. The summed E-state index contributed by atoms with van der Waals surface area (Å²) in [4.78, 5) is 1.24. The zero-order chi connectivity index (χ0) is 19.0. The number of aliphatic hydroxyl groups excluding tert-OH is 4. The molecular formula is C21H22O5S. The quantitative estimate of drug-likeness (QED) is 0.551. The van der Waals surface area contributed by atoms with Crippen LogP contribution in [0.25, 0.3) is 10.1 Å². The molecule has 2 aromatic carbocycles. The fourth-order valence-electron chi connectivity index (χ4n) is 3.58. The Bertz CT molecular complexity index is 889. The average molecular weight is 386 g/mol. The van der Waals surface area contributed by atoms with E-state index < -0.39 is 37.1 Å². The summed E-state index contributed by atoms with van der Waals surface area (Å²) >= 11 is 1.75. The molecule has 3 aromatic rings. The van der Waals surface area contributed by atoms with E-state index in [2.05, 4.69) is 18.2 Å². The molecule has 6 heteroatoms. The fourth-order valence-corrected chi connectivity index (χ4v) is 4.68. The monoisotopic (exact) mass is 386 g/mol. The van der Waals surface area contributed by atoms with Crippen LogP contribution >= 0.6 is 11.3 Å². The molecule has 4 N–H and O–H groups in total. The van der Waals surface area contributed by atoms with Crippen molar-refractivity contribution in [2.45, 2.75) is 36.9 Å². The van der Waals surface area contributed by atoms with E-state index in [0.29, 0.717) is 5.56 Å². The van der Waals surface area contributed by atoms with Gasteiger partial charge in [0, 0.05) is 16.0 Å². The first kappa shape index (κ1) is 18.6. The minimum absolute atomic E-state index is 0.428. The molecule has 0 spiro atoms. The molecule has 142 valence electrons. The van der Waals surface area contributed by atoms with Crippen LogP contribution in [0.15, 0.2) is 54.6 Å². The second kappa shape index (κ2) is 7.67. The smallest absolute Gasteiger partial charge is 0.113 e. The van der Waals surface area contributed by atoms with Crippen molar-refractivity contribution in [2.24, 2.45) is 0 Å². The standard InChI is InChI=1S/C21H22O5S/c22-11-16-18(23)19(24)20(25)21(26-16)14-6-3-4-12(8-14)9-15-10-13-5-1-2-7-17(13)27-15/h1-8,10,16,18-25H,9,11H2/t16-,18-,19?,20-,21?/m1/s1. The first-order valence-electron chi connectivity index (χ1n) is 8.93. The van der Waals surface area contributed by atoms with Crippen molar-refractivity contribution in [2.75, 3.05) is 6.61 Å². The van der Waals surface area contributed by atoms with Gasteiger partial charge >= 0.3 is 0 Å². The first-order chi connectivity index (χ1) is 13.1. The molecule has 5 nitrogen and oxygen atoms in total. The molecule has 0 bridgehead atoms. The van der Waals surface area contributed by atoms with Gasteiger partial charge in [0.05, 0.1) is 6.61 Å². The van der Waals surface area contributed by atoms with Gasteiger partial charge in [-0.05, 0) is 28.6 Å². The van der Waals surface area contributed by atoms with E-state index in [1.807, 2.05) is 36.4 Å². The average Bonchev–Trinajstić information content (AvgIpc) is 3.09. The SMILES string of the molecule is OC[C@H]1OC(c2cccc(Cc3cc4ccccc4s3)c2)[C@H](O)C(O)[C@@H]1O. The van der Waals surface area contributed by atoms with Crippen LogP contribution in [0.3, 0.4) is 0 Å². The van der Waals surface area contributed by atoms with Gasteiger partial charge in [-0.25, -0.2) is 0 Å². The Morgan fingerprint density at radius 2 is 1.70 bits per heavy atom. The first-order valence-corrected chi connectivity index (χ1v) is 9.75. The van der Waals surface area contributed by atoms with Crippen LogP contribution in [-0.4, -0.2) is 51.4 Å². The molecule has 2 heterocycles. The largest absolute Gasteiger partial charge is 0.394 e. The Balaban J connectivity index is 1.58. The van der Waals surface area contributed by atoms with Crippen molar-refractivity contribution in [3.8, 4) is 0 Å². The van der Waals surface area contributed by atoms with Gasteiger partial charge in [-0.2, -0.15) is 0 Å². The van der Waals surface area contributed by atoms with Gasteiger partial charge in [-0.15, -0.1) is 11.3 Å². The maximum absolute atomic E-state index is 10.3. The lowest BCUT2D eigenvalue weighted by molar-refractivity contribution is -0.231. The van der Waals surface area contributed by atoms with E-state index in [1.165, 1.54) is 15.0 Å². The summed E-state index contributed by atoms with van der Waals surface area (Å²) < 4.78 is 6.91. The number of fused-ring (bicyclic) bond motifs is 1. The van der Waals surface area contributed by atoms with Gasteiger partial charge in [-0.1, -0.05) is 42.5 Å². The van der Waals surface area contributed by atoms with Crippen LogP contribution in [0, 0.1) is 0 Å². The molecule has 1 aliphatic rings. The lowest BCUT2D eigenvalue weighted by Crippen LogP contribution is -2.55. The second-order valence-corrected chi connectivity index (χ2v) is 8.09. The fraction of sp³-hybridized carbons (Fsp3) is 0.333. The summed E-state index contributed by atoms with van der Waals surface area (Å²) in [5.41, 5.74) is 1.78. The molecule has 1 aliphatic heterocycles. The molecule has 5 atom stereocenters. The van der Waals surface area contributed by atoms with Gasteiger partial charge in [-0.3, -0.25) is 0 Å². The molecule has 1 saturated heterocycles. The van der Waals surface area contributed by atoms with Crippen molar-refractivity contribution in [3.05, 3.63) is 70.6 Å². The van der Waals surface area contributed by atoms with Gasteiger partial charge in [0.25, 0.3) is 0 Å². The molecule has 2 unspecified atom stereocenters. The predicted octanol–water partition coefficient (Wildman–Crippen LogP) is 2.01. The zero-order valence-corrected chi connectivity index (χ0v) is 15.4. The highest BCUT2D eigenvalue weighted by Gasteiger charge is 2.43. The van der Waals surface area contributed by atoms with Crippen LogP contribution in [0.4, 0.5) is 0 Å². The van der Waals surface area contributed by atoms with Gasteiger partial charge in [0.15, 0.2) is 0 Å². The summed E-state index contributed by atoms with van der Waals surface area (Å²) in [5, 5.41) is 40.9. The number of benzene rings is 2. The number of hydrogen-bond acceptors (Lipinski definition) is 6. The van der Waals surface area contributed by atoms with Gasteiger partial charge < -0.3 is 25.2 Å². The third-order valence-corrected chi connectivity index (χ3v) is 6.14. The van der Waals surface area contributed by atoms with Crippen LogP contribution in [-0.2, 0) is 11.2 Å². The van der Waals surface area contributed by atoms with E-state index in [-0.39, 0.29) is 0 Å². The van der Waals surface area contributed by atoms with Crippen molar-refractivity contribution in [1.82, 2.24) is 0 Å². The number of thiophene rings is 1. The topological polar surface area (TPSA) is 90.2 Å². The van der Waals surface area contributed by atoms with Crippen LogP contribution in [0.1, 0.15) is 22.1 Å². The highest BCUT2D eigenvalue weighted by Crippen LogP contribution is 2.33. The van der Waals surface area contributed by atoms with E-state index in [1.54, 1.807) is 11.3 Å². The molecule has 4 rings (SSSR count). The van der Waals surface area contributed by atoms with Crippen molar-refractivity contribution >= 4 is 21.4 Å². The normalized spacial score (nSPS) is 28.5. The Morgan fingerprint density at radius 3 is 2.48 bits per heavy atom. The summed E-state index contributed by atoms with van der Waals surface area (Å²) in [6.07, 6.45) is -4.93. The third-order valence-electron chi connectivity index (χ3n) is 5.03. The molecule has 1 fully saturated rings. The van der Waals surface area contributed by atoms with E-state index in [9.17, 15) is 20.4 Å². The van der Waals surface area contributed by atoms with Crippen LogP contribution in [0.2, 0.25) is 0 Å². The van der Waals surface area contributed by atoms with Crippen molar-refractivity contribution in [3.63, 3.8) is 0 Å². The third kappa shape index (κ3) is 3.65. The lowest BCUT2D eigenvalue weighted by atomic mass is 9.90. The second-order valence-electron chi connectivity index (χ2n) is 6.92. The molecule has 0 saturated carbocycles. The number of hydrogen-bond donors (Lipinski definition) is 4. The Kier molecular flexibility index (Phi) is 5.27. The summed E-state index contributed by atoms with van der Waals surface area (Å²) in [6, 6.07) is 18.1. The number of rotatable bonds is 4. The minimum atomic E-state index is -1.37. The maximum Gasteiger partial charge on any atom is 0.113 e. The summed E-state index contributed by atoms with van der Waals surface area (Å²) in [7, 11) is 0. The van der Waals surface area contributed by atoms with E-state index >= 15 is 0 Å². The molecule has 0 radical (unpaired) electrons. The van der Waals surface area contributed by atoms with E-state index in [4.69, 9.17) is 4.74 Å². The molecular weight excluding hydrogens is 364 g/mol. The number of aliphatic hydroxyl groups is 4. The number of ether oxygens (including phenoxy) is 1.